The molecule has 1 heterocycles. The summed E-state index contributed by atoms with van der Waals surface area (Å²) in [5, 5.41) is 2.75. The first-order valence-electron chi connectivity index (χ1n) is 7.11. The van der Waals surface area contributed by atoms with Crippen LogP contribution in [0, 0.1) is 5.92 Å². The number of anilines is 1. The molecule has 1 aromatic rings. The summed E-state index contributed by atoms with van der Waals surface area (Å²) in [7, 11) is -1.80. The number of hydrogen-bond acceptors (Lipinski definition) is 5. The van der Waals surface area contributed by atoms with Crippen LogP contribution in [0.25, 0.3) is 0 Å². The summed E-state index contributed by atoms with van der Waals surface area (Å²) in [6, 6.07) is 0. The molecule has 0 radical (unpaired) electrons. The van der Waals surface area contributed by atoms with Gasteiger partial charge in [-0.1, -0.05) is 25.7 Å². The average Bonchev–Trinajstić information content (AvgIpc) is 2.97. The van der Waals surface area contributed by atoms with Crippen LogP contribution in [0.4, 0.5) is 5.95 Å². The molecule has 1 aromatic heterocycles. The van der Waals surface area contributed by atoms with Crippen molar-refractivity contribution in [1.82, 2.24) is 14.7 Å². The van der Waals surface area contributed by atoms with Crippen molar-refractivity contribution in [1.29, 1.82) is 0 Å². The number of rotatable bonds is 7. The molecule has 1 saturated carbocycles. The minimum Gasteiger partial charge on any atom is -0.357 e. The summed E-state index contributed by atoms with van der Waals surface area (Å²) in [5.41, 5.74) is 0. The fourth-order valence-electron chi connectivity index (χ4n) is 2.56. The van der Waals surface area contributed by atoms with E-state index in [9.17, 15) is 8.42 Å². The Morgan fingerprint density at radius 1 is 1.25 bits per heavy atom. The van der Waals surface area contributed by atoms with Crippen molar-refractivity contribution < 1.29 is 8.42 Å². The number of aromatic nitrogens is 2. The molecule has 0 spiro atoms. The minimum atomic E-state index is -3.48. The monoisotopic (exact) mass is 298 g/mol. The van der Waals surface area contributed by atoms with E-state index in [0.717, 1.165) is 18.8 Å². The molecular formula is C13H22N4O2S. The molecule has 6 nitrogen and oxygen atoms in total. The summed E-state index contributed by atoms with van der Waals surface area (Å²) in [6.45, 7) is 0.479. The van der Waals surface area contributed by atoms with Crippen LogP contribution in [-0.2, 0) is 10.0 Å². The zero-order valence-electron chi connectivity index (χ0n) is 11.8. The van der Waals surface area contributed by atoms with E-state index in [1.54, 1.807) is 7.05 Å². The lowest BCUT2D eigenvalue weighted by molar-refractivity contribution is 0.480. The highest BCUT2D eigenvalue weighted by Crippen LogP contribution is 2.28. The van der Waals surface area contributed by atoms with Gasteiger partial charge in [0.2, 0.25) is 16.0 Å². The molecule has 2 rings (SSSR count). The van der Waals surface area contributed by atoms with Crippen LogP contribution in [0.15, 0.2) is 17.3 Å². The number of nitrogens with one attached hydrogen (secondary N) is 2. The van der Waals surface area contributed by atoms with Crippen LogP contribution in [0.3, 0.4) is 0 Å². The normalized spacial score (nSPS) is 16.4. The van der Waals surface area contributed by atoms with Gasteiger partial charge in [-0.3, -0.25) is 0 Å². The Morgan fingerprint density at radius 3 is 2.50 bits per heavy atom. The van der Waals surface area contributed by atoms with Gasteiger partial charge < -0.3 is 5.32 Å². The Bertz CT molecular complexity index is 510. The maximum Gasteiger partial charge on any atom is 0.243 e. The molecule has 1 aliphatic carbocycles. The van der Waals surface area contributed by atoms with Gasteiger partial charge in [0.25, 0.3) is 0 Å². The van der Waals surface area contributed by atoms with Crippen LogP contribution < -0.4 is 10.0 Å². The summed E-state index contributed by atoms with van der Waals surface area (Å²) >= 11 is 0. The molecule has 0 amide bonds. The molecule has 2 N–H and O–H groups in total. The maximum absolute atomic E-state index is 12.0. The molecule has 0 saturated heterocycles. The summed E-state index contributed by atoms with van der Waals surface area (Å²) in [6.07, 6.45) is 9.88. The Kier molecular flexibility index (Phi) is 5.31. The number of hydrogen-bond donors (Lipinski definition) is 2. The van der Waals surface area contributed by atoms with E-state index in [4.69, 9.17) is 0 Å². The first kappa shape index (κ1) is 15.2. The van der Waals surface area contributed by atoms with E-state index in [2.05, 4.69) is 20.0 Å². The summed E-state index contributed by atoms with van der Waals surface area (Å²) in [4.78, 5) is 7.94. The van der Waals surface area contributed by atoms with Gasteiger partial charge in [0.1, 0.15) is 4.90 Å². The Labute approximate surface area is 120 Å². The highest BCUT2D eigenvalue weighted by atomic mass is 32.2. The number of nitrogens with zero attached hydrogens (tertiary/aromatic N) is 2. The van der Waals surface area contributed by atoms with Crippen molar-refractivity contribution in [2.45, 2.75) is 43.4 Å². The predicted octanol–water partition coefficient (Wildman–Crippen LogP) is 1.77. The van der Waals surface area contributed by atoms with Crippen molar-refractivity contribution in [2.75, 3.05) is 18.9 Å². The van der Waals surface area contributed by atoms with E-state index in [1.807, 2.05) is 0 Å². The second-order valence-electron chi connectivity index (χ2n) is 5.18. The summed E-state index contributed by atoms with van der Waals surface area (Å²) in [5.74, 6) is 1.20. The van der Waals surface area contributed by atoms with E-state index in [1.165, 1.54) is 38.1 Å². The fourth-order valence-corrected chi connectivity index (χ4v) is 3.53. The zero-order chi connectivity index (χ0) is 14.4. The van der Waals surface area contributed by atoms with Gasteiger partial charge >= 0.3 is 0 Å². The SMILES string of the molecule is CNc1ncc(S(=O)(=O)NCCCC2CCCC2)cn1. The molecule has 0 unspecified atom stereocenters. The topological polar surface area (TPSA) is 84.0 Å². The second-order valence-corrected chi connectivity index (χ2v) is 6.95. The molecule has 0 atom stereocenters. The molecule has 0 bridgehead atoms. The van der Waals surface area contributed by atoms with Crippen molar-refractivity contribution in [2.24, 2.45) is 5.92 Å². The van der Waals surface area contributed by atoms with Crippen LogP contribution in [0.2, 0.25) is 0 Å². The molecular weight excluding hydrogens is 276 g/mol. The Morgan fingerprint density at radius 2 is 1.90 bits per heavy atom. The molecule has 112 valence electrons. The standard InChI is InChI=1S/C13H22N4O2S/c1-14-13-15-9-12(10-16-13)20(18,19)17-8-4-7-11-5-2-3-6-11/h9-11,17H,2-8H2,1H3,(H,14,15,16). The lowest BCUT2D eigenvalue weighted by Gasteiger charge is -2.09. The largest absolute Gasteiger partial charge is 0.357 e. The van der Waals surface area contributed by atoms with Crippen LogP contribution >= 0.6 is 0 Å². The second kappa shape index (κ2) is 6.99. The lowest BCUT2D eigenvalue weighted by atomic mass is 10.0. The lowest BCUT2D eigenvalue weighted by Crippen LogP contribution is -2.25. The van der Waals surface area contributed by atoms with E-state index < -0.39 is 10.0 Å². The van der Waals surface area contributed by atoms with Gasteiger partial charge in [0, 0.05) is 13.6 Å². The van der Waals surface area contributed by atoms with Crippen molar-refractivity contribution >= 4 is 16.0 Å². The van der Waals surface area contributed by atoms with E-state index in [-0.39, 0.29) is 4.90 Å². The van der Waals surface area contributed by atoms with Gasteiger partial charge in [-0.25, -0.2) is 23.1 Å². The van der Waals surface area contributed by atoms with Gasteiger partial charge in [-0.2, -0.15) is 0 Å². The molecule has 7 heteroatoms. The third-order valence-corrected chi connectivity index (χ3v) is 5.13. The first-order valence-corrected chi connectivity index (χ1v) is 8.59. The molecule has 1 aliphatic rings. The van der Waals surface area contributed by atoms with Gasteiger partial charge in [0.05, 0.1) is 12.4 Å². The smallest absolute Gasteiger partial charge is 0.243 e. The average molecular weight is 298 g/mol. The van der Waals surface area contributed by atoms with E-state index >= 15 is 0 Å². The minimum absolute atomic E-state index is 0.109. The number of sulfonamides is 1. The van der Waals surface area contributed by atoms with Crippen molar-refractivity contribution in [3.63, 3.8) is 0 Å². The van der Waals surface area contributed by atoms with Crippen LogP contribution in [0.1, 0.15) is 38.5 Å². The van der Waals surface area contributed by atoms with E-state index in [0.29, 0.717) is 12.5 Å². The molecule has 20 heavy (non-hydrogen) atoms. The highest BCUT2D eigenvalue weighted by molar-refractivity contribution is 7.89. The third kappa shape index (κ3) is 4.14. The van der Waals surface area contributed by atoms with Gasteiger partial charge in [0.15, 0.2) is 0 Å². The quantitative estimate of drug-likeness (QED) is 0.749. The highest BCUT2D eigenvalue weighted by Gasteiger charge is 2.17. The predicted molar refractivity (Wildman–Crippen MR) is 78.0 cm³/mol. The van der Waals surface area contributed by atoms with Crippen LogP contribution in [-0.4, -0.2) is 32.0 Å². The van der Waals surface area contributed by atoms with Crippen molar-refractivity contribution in [3.8, 4) is 0 Å². The summed E-state index contributed by atoms with van der Waals surface area (Å²) < 4.78 is 26.6. The maximum atomic E-state index is 12.0. The third-order valence-electron chi connectivity index (χ3n) is 3.72. The molecule has 0 aliphatic heterocycles. The Balaban J connectivity index is 1.80. The zero-order valence-corrected chi connectivity index (χ0v) is 12.6. The molecule has 0 aromatic carbocycles. The fraction of sp³-hybridized carbons (Fsp3) is 0.692. The van der Waals surface area contributed by atoms with Crippen LogP contribution in [0.5, 0.6) is 0 Å². The first-order chi connectivity index (χ1) is 9.62. The molecule has 1 fully saturated rings. The van der Waals surface area contributed by atoms with Gasteiger partial charge in [-0.15, -0.1) is 0 Å². The van der Waals surface area contributed by atoms with Gasteiger partial charge in [-0.05, 0) is 18.8 Å². The Hall–Kier alpha value is -1.21. The van der Waals surface area contributed by atoms with Crippen molar-refractivity contribution in [3.05, 3.63) is 12.4 Å².